The highest BCUT2D eigenvalue weighted by Crippen LogP contribution is 2.21. The van der Waals surface area contributed by atoms with Crippen molar-refractivity contribution >= 4 is 5.97 Å². The van der Waals surface area contributed by atoms with Crippen LogP contribution in [0.2, 0.25) is 0 Å². The minimum Gasteiger partial charge on any atom is -0.497 e. The maximum absolute atomic E-state index is 11.3. The molecule has 0 aromatic heterocycles. The van der Waals surface area contributed by atoms with Gasteiger partial charge in [0, 0.05) is 6.42 Å². The standard InChI is InChI=1S/C10H10O3/c1-12-8-3-2-7-4-5-13-10(11)9(7)6-8/h2-3,6H,4-5H2,1H3. The number of methoxy groups -OCH3 is 1. The van der Waals surface area contributed by atoms with E-state index in [1.54, 1.807) is 13.2 Å². The van der Waals surface area contributed by atoms with Crippen molar-refractivity contribution in [1.29, 1.82) is 0 Å². The van der Waals surface area contributed by atoms with Crippen molar-refractivity contribution < 1.29 is 14.3 Å². The van der Waals surface area contributed by atoms with Gasteiger partial charge in [-0.1, -0.05) is 6.07 Å². The van der Waals surface area contributed by atoms with E-state index in [4.69, 9.17) is 9.47 Å². The number of benzene rings is 1. The summed E-state index contributed by atoms with van der Waals surface area (Å²) in [5.74, 6) is 0.442. The third-order valence-electron chi connectivity index (χ3n) is 2.14. The summed E-state index contributed by atoms with van der Waals surface area (Å²) >= 11 is 0. The fraction of sp³-hybridized carbons (Fsp3) is 0.300. The Hall–Kier alpha value is -1.51. The van der Waals surface area contributed by atoms with Crippen molar-refractivity contribution in [2.24, 2.45) is 0 Å². The fourth-order valence-electron chi connectivity index (χ4n) is 1.42. The van der Waals surface area contributed by atoms with Gasteiger partial charge in [-0.25, -0.2) is 4.79 Å². The molecule has 3 nitrogen and oxygen atoms in total. The molecule has 3 heteroatoms. The first kappa shape index (κ1) is 8.10. The van der Waals surface area contributed by atoms with Crippen LogP contribution in [0.3, 0.4) is 0 Å². The molecular formula is C10H10O3. The number of carbonyl (C=O) groups excluding carboxylic acids is 1. The second kappa shape index (κ2) is 3.09. The Kier molecular flexibility index (Phi) is 1.93. The second-order valence-corrected chi connectivity index (χ2v) is 2.91. The zero-order chi connectivity index (χ0) is 9.26. The maximum atomic E-state index is 11.3. The lowest BCUT2D eigenvalue weighted by Gasteiger charge is -2.15. The molecule has 68 valence electrons. The second-order valence-electron chi connectivity index (χ2n) is 2.91. The van der Waals surface area contributed by atoms with Crippen molar-refractivity contribution in [3.63, 3.8) is 0 Å². The number of esters is 1. The molecule has 0 saturated carbocycles. The molecule has 0 aliphatic carbocycles. The Morgan fingerprint density at radius 2 is 2.31 bits per heavy atom. The number of ether oxygens (including phenoxy) is 2. The summed E-state index contributed by atoms with van der Waals surface area (Å²) in [6, 6.07) is 5.49. The van der Waals surface area contributed by atoms with Crippen molar-refractivity contribution in [2.75, 3.05) is 13.7 Å². The highest BCUT2D eigenvalue weighted by atomic mass is 16.5. The highest BCUT2D eigenvalue weighted by molar-refractivity contribution is 5.92. The van der Waals surface area contributed by atoms with Gasteiger partial charge in [0.1, 0.15) is 5.75 Å². The molecule has 0 saturated heterocycles. The lowest BCUT2D eigenvalue weighted by molar-refractivity contribution is 0.0480. The van der Waals surface area contributed by atoms with Crippen LogP contribution in [0.1, 0.15) is 15.9 Å². The monoisotopic (exact) mass is 178 g/mol. The molecule has 0 spiro atoms. The van der Waals surface area contributed by atoms with Crippen LogP contribution in [0, 0.1) is 0 Å². The first-order chi connectivity index (χ1) is 6.31. The Morgan fingerprint density at radius 3 is 3.08 bits per heavy atom. The molecule has 0 atom stereocenters. The Labute approximate surface area is 76.3 Å². The number of carbonyl (C=O) groups is 1. The Morgan fingerprint density at radius 1 is 1.46 bits per heavy atom. The van der Waals surface area contributed by atoms with Gasteiger partial charge in [0.15, 0.2) is 0 Å². The first-order valence-corrected chi connectivity index (χ1v) is 4.15. The number of fused-ring (bicyclic) bond motifs is 1. The van der Waals surface area contributed by atoms with Crippen LogP contribution < -0.4 is 4.74 Å². The van der Waals surface area contributed by atoms with E-state index in [1.165, 1.54) is 0 Å². The molecule has 0 N–H and O–H groups in total. The summed E-state index contributed by atoms with van der Waals surface area (Å²) in [6.07, 6.45) is 0.797. The zero-order valence-corrected chi connectivity index (χ0v) is 7.37. The average Bonchev–Trinajstić information content (AvgIpc) is 2.18. The van der Waals surface area contributed by atoms with E-state index in [9.17, 15) is 4.79 Å². The van der Waals surface area contributed by atoms with Crippen LogP contribution in [-0.2, 0) is 11.2 Å². The summed E-state index contributed by atoms with van der Waals surface area (Å²) in [4.78, 5) is 11.3. The molecule has 1 heterocycles. The normalized spacial score (nSPS) is 14.7. The van der Waals surface area contributed by atoms with Gasteiger partial charge in [-0.05, 0) is 17.7 Å². The summed E-state index contributed by atoms with van der Waals surface area (Å²) in [5, 5.41) is 0. The van der Waals surface area contributed by atoms with Crippen LogP contribution in [-0.4, -0.2) is 19.7 Å². The zero-order valence-electron chi connectivity index (χ0n) is 7.37. The molecule has 0 bridgehead atoms. The van der Waals surface area contributed by atoms with Crippen molar-refractivity contribution in [2.45, 2.75) is 6.42 Å². The number of hydrogen-bond donors (Lipinski definition) is 0. The third kappa shape index (κ3) is 1.37. The minimum absolute atomic E-state index is 0.250. The van der Waals surface area contributed by atoms with E-state index in [0.717, 1.165) is 12.0 Å². The van der Waals surface area contributed by atoms with Crippen LogP contribution in [0.4, 0.5) is 0 Å². The van der Waals surface area contributed by atoms with E-state index < -0.39 is 0 Å². The molecule has 0 fully saturated rings. The van der Waals surface area contributed by atoms with Crippen LogP contribution in [0.25, 0.3) is 0 Å². The molecule has 2 rings (SSSR count). The number of hydrogen-bond acceptors (Lipinski definition) is 3. The van der Waals surface area contributed by atoms with Gasteiger partial charge in [-0.15, -0.1) is 0 Å². The van der Waals surface area contributed by atoms with Crippen molar-refractivity contribution in [3.8, 4) is 5.75 Å². The summed E-state index contributed by atoms with van der Waals surface area (Å²) in [5.41, 5.74) is 1.67. The highest BCUT2D eigenvalue weighted by Gasteiger charge is 2.18. The molecule has 0 radical (unpaired) electrons. The number of cyclic esters (lactones) is 1. The summed E-state index contributed by atoms with van der Waals surface area (Å²) < 4.78 is 9.93. The van der Waals surface area contributed by atoms with E-state index >= 15 is 0 Å². The number of rotatable bonds is 1. The predicted octanol–water partition coefficient (Wildman–Crippen LogP) is 1.41. The molecular weight excluding hydrogens is 168 g/mol. The van der Waals surface area contributed by atoms with Crippen molar-refractivity contribution in [1.82, 2.24) is 0 Å². The minimum atomic E-state index is -0.250. The smallest absolute Gasteiger partial charge is 0.338 e. The predicted molar refractivity (Wildman–Crippen MR) is 47.0 cm³/mol. The quantitative estimate of drug-likeness (QED) is 0.610. The largest absolute Gasteiger partial charge is 0.497 e. The summed E-state index contributed by atoms with van der Waals surface area (Å²) in [7, 11) is 1.58. The van der Waals surface area contributed by atoms with E-state index in [-0.39, 0.29) is 5.97 Å². The molecule has 0 amide bonds. The van der Waals surface area contributed by atoms with E-state index in [0.29, 0.717) is 17.9 Å². The van der Waals surface area contributed by atoms with Gasteiger partial charge in [-0.2, -0.15) is 0 Å². The Bertz CT molecular complexity index is 344. The van der Waals surface area contributed by atoms with E-state index in [2.05, 4.69) is 0 Å². The van der Waals surface area contributed by atoms with Crippen LogP contribution in [0.15, 0.2) is 18.2 Å². The fourth-order valence-corrected chi connectivity index (χ4v) is 1.42. The molecule has 13 heavy (non-hydrogen) atoms. The van der Waals surface area contributed by atoms with Gasteiger partial charge in [-0.3, -0.25) is 0 Å². The lowest BCUT2D eigenvalue weighted by Crippen LogP contribution is -2.17. The Balaban J connectivity index is 2.47. The van der Waals surface area contributed by atoms with Gasteiger partial charge < -0.3 is 9.47 Å². The van der Waals surface area contributed by atoms with Gasteiger partial charge in [0.2, 0.25) is 0 Å². The van der Waals surface area contributed by atoms with Gasteiger partial charge in [0.25, 0.3) is 0 Å². The van der Waals surface area contributed by atoms with E-state index in [1.807, 2.05) is 12.1 Å². The molecule has 1 aliphatic heterocycles. The lowest BCUT2D eigenvalue weighted by atomic mass is 10.0. The van der Waals surface area contributed by atoms with Crippen molar-refractivity contribution in [3.05, 3.63) is 29.3 Å². The molecule has 1 aromatic rings. The molecule has 1 aliphatic rings. The maximum Gasteiger partial charge on any atom is 0.338 e. The first-order valence-electron chi connectivity index (χ1n) is 4.15. The summed E-state index contributed by atoms with van der Waals surface area (Å²) in [6.45, 7) is 0.484. The molecule has 0 unspecified atom stereocenters. The average molecular weight is 178 g/mol. The van der Waals surface area contributed by atoms with Crippen LogP contribution in [0.5, 0.6) is 5.75 Å². The SMILES string of the molecule is COc1ccc2c(c1)C(=O)OCC2. The topological polar surface area (TPSA) is 35.5 Å². The van der Waals surface area contributed by atoms with Gasteiger partial charge >= 0.3 is 5.97 Å². The van der Waals surface area contributed by atoms with Gasteiger partial charge in [0.05, 0.1) is 19.3 Å². The van der Waals surface area contributed by atoms with Crippen LogP contribution >= 0.6 is 0 Å². The third-order valence-corrected chi connectivity index (χ3v) is 2.14. The molecule has 1 aromatic carbocycles.